The maximum Gasteiger partial charge on any atom is 0.128 e. The van der Waals surface area contributed by atoms with Crippen molar-refractivity contribution in [3.05, 3.63) is 63.7 Å². The molecule has 0 fully saturated rings. The van der Waals surface area contributed by atoms with Crippen LogP contribution in [0.25, 0.3) is 0 Å². The highest BCUT2D eigenvalue weighted by Gasteiger charge is 2.20. The number of para-hydroxylation sites is 1. The van der Waals surface area contributed by atoms with Crippen molar-refractivity contribution < 1.29 is 9.84 Å². The van der Waals surface area contributed by atoms with Gasteiger partial charge in [-0.05, 0) is 42.5 Å². The third kappa shape index (κ3) is 2.41. The van der Waals surface area contributed by atoms with Crippen LogP contribution >= 0.6 is 11.6 Å². The summed E-state index contributed by atoms with van der Waals surface area (Å²) in [5.41, 5.74) is 3.82. The van der Waals surface area contributed by atoms with E-state index in [9.17, 15) is 5.11 Å². The molecule has 0 saturated carbocycles. The van der Waals surface area contributed by atoms with E-state index < -0.39 is 6.10 Å². The van der Waals surface area contributed by atoms with Crippen molar-refractivity contribution >= 4 is 11.6 Å². The Hall–Kier alpha value is -1.51. The number of halogens is 1. The van der Waals surface area contributed by atoms with E-state index in [1.54, 1.807) is 0 Å². The number of fused-ring (bicyclic) bond motifs is 1. The predicted octanol–water partition coefficient (Wildman–Crippen LogP) is 4.06. The summed E-state index contributed by atoms with van der Waals surface area (Å²) in [6.45, 7) is 2.66. The van der Waals surface area contributed by atoms with Crippen LogP contribution in [-0.4, -0.2) is 11.7 Å². The number of aryl methyl sites for hydroxylation is 2. The molecule has 0 aromatic heterocycles. The van der Waals surface area contributed by atoms with Gasteiger partial charge in [-0.1, -0.05) is 41.9 Å². The number of ether oxygens (including phenoxy) is 1. The average molecular weight is 289 g/mol. The number of rotatable bonds is 2. The van der Waals surface area contributed by atoms with Crippen LogP contribution in [0.4, 0.5) is 0 Å². The third-order valence-corrected chi connectivity index (χ3v) is 4.18. The molecule has 104 valence electrons. The fraction of sp³-hybridized carbons (Fsp3) is 0.294. The van der Waals surface area contributed by atoms with E-state index in [0.717, 1.165) is 41.9 Å². The van der Waals surface area contributed by atoms with Gasteiger partial charge in [0.2, 0.25) is 0 Å². The van der Waals surface area contributed by atoms with Crippen molar-refractivity contribution in [1.82, 2.24) is 0 Å². The third-order valence-electron chi connectivity index (χ3n) is 3.76. The van der Waals surface area contributed by atoms with Gasteiger partial charge in [-0.3, -0.25) is 0 Å². The van der Waals surface area contributed by atoms with Gasteiger partial charge in [0.15, 0.2) is 0 Å². The van der Waals surface area contributed by atoms with Crippen LogP contribution in [0.1, 0.15) is 34.8 Å². The second-order valence-electron chi connectivity index (χ2n) is 5.20. The summed E-state index contributed by atoms with van der Waals surface area (Å²) in [6, 6.07) is 11.6. The summed E-state index contributed by atoms with van der Waals surface area (Å²) in [7, 11) is 0. The maximum absolute atomic E-state index is 10.6. The van der Waals surface area contributed by atoms with Gasteiger partial charge in [0, 0.05) is 10.6 Å². The highest BCUT2D eigenvalue weighted by Crippen LogP contribution is 2.36. The number of aliphatic hydroxyl groups is 1. The molecule has 2 aromatic rings. The standard InChI is InChI=1S/C17H17ClO2/c1-11-10-13(7-8-15(11)18)16(19)14-6-2-4-12-5-3-9-20-17(12)14/h2,4,6-8,10,16,19H,3,5,9H2,1H3. The molecule has 0 aliphatic carbocycles. The molecular formula is C17H17ClO2. The van der Waals surface area contributed by atoms with Crippen LogP contribution in [-0.2, 0) is 6.42 Å². The molecule has 3 rings (SSSR count). The molecule has 1 N–H and O–H groups in total. The van der Waals surface area contributed by atoms with Gasteiger partial charge in [-0.25, -0.2) is 0 Å². The van der Waals surface area contributed by atoms with E-state index in [0.29, 0.717) is 5.02 Å². The Labute approximate surface area is 124 Å². The van der Waals surface area contributed by atoms with Crippen molar-refractivity contribution in [2.45, 2.75) is 25.9 Å². The second-order valence-corrected chi connectivity index (χ2v) is 5.61. The SMILES string of the molecule is Cc1cc(C(O)c2cccc3c2OCCC3)ccc1Cl. The summed E-state index contributed by atoms with van der Waals surface area (Å²) in [6.07, 6.45) is 1.36. The summed E-state index contributed by atoms with van der Waals surface area (Å²) >= 11 is 6.04. The van der Waals surface area contributed by atoms with Gasteiger partial charge in [-0.15, -0.1) is 0 Å². The summed E-state index contributed by atoms with van der Waals surface area (Å²) in [4.78, 5) is 0. The van der Waals surface area contributed by atoms with Gasteiger partial charge >= 0.3 is 0 Å². The molecule has 1 heterocycles. The lowest BCUT2D eigenvalue weighted by molar-refractivity contribution is 0.206. The van der Waals surface area contributed by atoms with Crippen LogP contribution in [0.5, 0.6) is 5.75 Å². The zero-order valence-corrected chi connectivity index (χ0v) is 12.2. The van der Waals surface area contributed by atoms with Gasteiger partial charge in [0.05, 0.1) is 6.61 Å². The Kier molecular flexibility index (Phi) is 3.68. The quantitative estimate of drug-likeness (QED) is 0.903. The smallest absolute Gasteiger partial charge is 0.128 e. The zero-order valence-electron chi connectivity index (χ0n) is 11.4. The molecule has 1 aliphatic rings. The molecule has 1 unspecified atom stereocenters. The minimum absolute atomic E-state index is 0.681. The Balaban J connectivity index is 2.02. The van der Waals surface area contributed by atoms with Crippen molar-refractivity contribution in [2.75, 3.05) is 6.61 Å². The Morgan fingerprint density at radius 2 is 2.10 bits per heavy atom. The molecule has 2 nitrogen and oxygen atoms in total. The molecule has 1 atom stereocenters. The lowest BCUT2D eigenvalue weighted by Crippen LogP contribution is -2.12. The minimum Gasteiger partial charge on any atom is -0.493 e. The first-order valence-electron chi connectivity index (χ1n) is 6.85. The lowest BCUT2D eigenvalue weighted by Gasteiger charge is -2.23. The van der Waals surface area contributed by atoms with Crippen LogP contribution in [0.2, 0.25) is 5.02 Å². The first-order valence-corrected chi connectivity index (χ1v) is 7.23. The average Bonchev–Trinajstić information content (AvgIpc) is 2.49. The van der Waals surface area contributed by atoms with Gasteiger partial charge in [0.1, 0.15) is 11.9 Å². The van der Waals surface area contributed by atoms with E-state index in [-0.39, 0.29) is 0 Å². The maximum atomic E-state index is 10.6. The summed E-state index contributed by atoms with van der Waals surface area (Å²) in [5.74, 6) is 0.846. The Morgan fingerprint density at radius 3 is 2.90 bits per heavy atom. The molecule has 2 aromatic carbocycles. The first-order chi connectivity index (χ1) is 9.66. The van der Waals surface area contributed by atoms with Crippen molar-refractivity contribution in [3.63, 3.8) is 0 Å². The highest BCUT2D eigenvalue weighted by atomic mass is 35.5. The molecule has 0 amide bonds. The van der Waals surface area contributed by atoms with E-state index >= 15 is 0 Å². The van der Waals surface area contributed by atoms with Crippen LogP contribution in [0, 0.1) is 6.92 Å². The molecule has 0 spiro atoms. The predicted molar refractivity (Wildman–Crippen MR) is 80.5 cm³/mol. The number of aliphatic hydroxyl groups excluding tert-OH is 1. The van der Waals surface area contributed by atoms with Crippen molar-refractivity contribution in [2.24, 2.45) is 0 Å². The van der Waals surface area contributed by atoms with Crippen LogP contribution in [0.15, 0.2) is 36.4 Å². The van der Waals surface area contributed by atoms with Gasteiger partial charge in [-0.2, -0.15) is 0 Å². The highest BCUT2D eigenvalue weighted by molar-refractivity contribution is 6.31. The van der Waals surface area contributed by atoms with Crippen LogP contribution in [0.3, 0.4) is 0 Å². The number of benzene rings is 2. The molecule has 0 bridgehead atoms. The zero-order chi connectivity index (χ0) is 14.1. The fourth-order valence-electron chi connectivity index (χ4n) is 2.65. The lowest BCUT2D eigenvalue weighted by atomic mass is 9.95. The number of hydrogen-bond acceptors (Lipinski definition) is 2. The second kappa shape index (κ2) is 5.47. The monoisotopic (exact) mass is 288 g/mol. The Bertz CT molecular complexity index is 637. The summed E-state index contributed by atoms with van der Waals surface area (Å²) < 4.78 is 5.77. The normalized spacial score (nSPS) is 15.3. The van der Waals surface area contributed by atoms with E-state index in [1.165, 1.54) is 5.56 Å². The summed E-state index contributed by atoms with van der Waals surface area (Å²) in [5, 5.41) is 11.4. The topological polar surface area (TPSA) is 29.5 Å². The van der Waals surface area contributed by atoms with E-state index in [4.69, 9.17) is 16.3 Å². The molecular weight excluding hydrogens is 272 g/mol. The van der Waals surface area contributed by atoms with Gasteiger partial charge in [0.25, 0.3) is 0 Å². The molecule has 0 radical (unpaired) electrons. The largest absolute Gasteiger partial charge is 0.493 e. The molecule has 1 aliphatic heterocycles. The fourth-order valence-corrected chi connectivity index (χ4v) is 2.76. The molecule has 3 heteroatoms. The van der Waals surface area contributed by atoms with Crippen LogP contribution < -0.4 is 4.74 Å². The minimum atomic E-state index is -0.681. The molecule has 0 saturated heterocycles. The van der Waals surface area contributed by atoms with E-state index in [2.05, 4.69) is 6.07 Å². The van der Waals surface area contributed by atoms with Crippen molar-refractivity contribution in [1.29, 1.82) is 0 Å². The Morgan fingerprint density at radius 1 is 1.25 bits per heavy atom. The van der Waals surface area contributed by atoms with Gasteiger partial charge < -0.3 is 9.84 Å². The number of hydrogen-bond donors (Lipinski definition) is 1. The first kappa shape index (κ1) is 13.5. The van der Waals surface area contributed by atoms with Crippen molar-refractivity contribution in [3.8, 4) is 5.75 Å². The molecule has 20 heavy (non-hydrogen) atoms. The van der Waals surface area contributed by atoms with E-state index in [1.807, 2.05) is 37.3 Å².